The lowest BCUT2D eigenvalue weighted by molar-refractivity contribution is 0.136. The molecule has 2 nitrogen and oxygen atoms in total. The van der Waals surface area contributed by atoms with Gasteiger partial charge in [-0.1, -0.05) is 111 Å². The van der Waals surface area contributed by atoms with Crippen molar-refractivity contribution in [2.24, 2.45) is 0 Å². The molecule has 28 heavy (non-hydrogen) atoms. The van der Waals surface area contributed by atoms with Gasteiger partial charge in [0.05, 0.1) is 0 Å². The Morgan fingerprint density at radius 3 is 1.36 bits per heavy atom. The molecule has 0 radical (unpaired) electrons. The third-order valence-electron chi connectivity index (χ3n) is 6.32. The normalized spacial score (nSPS) is 16.5. The van der Waals surface area contributed by atoms with Crippen molar-refractivity contribution in [2.45, 2.75) is 143 Å². The fourth-order valence-corrected chi connectivity index (χ4v) is 4.39. The molecule has 0 N–H and O–H groups in total. The Labute approximate surface area is 178 Å². The molecule has 1 heterocycles. The highest BCUT2D eigenvalue weighted by Gasteiger charge is 2.24. The zero-order valence-electron chi connectivity index (χ0n) is 19.8. The van der Waals surface area contributed by atoms with Crippen molar-refractivity contribution in [1.82, 2.24) is 9.80 Å². The lowest BCUT2D eigenvalue weighted by Crippen LogP contribution is -2.39. The van der Waals surface area contributed by atoms with E-state index in [0.29, 0.717) is 6.17 Å². The minimum Gasteiger partial charge on any atom is -0.356 e. The first kappa shape index (κ1) is 25.4. The Kier molecular flexibility index (Phi) is 16.7. The minimum absolute atomic E-state index is 0.645. The Morgan fingerprint density at radius 2 is 0.857 bits per heavy atom. The molecule has 1 atom stereocenters. The second-order valence-electron chi connectivity index (χ2n) is 8.99. The lowest BCUT2D eigenvalue weighted by Gasteiger charge is -2.33. The second-order valence-corrected chi connectivity index (χ2v) is 8.99. The van der Waals surface area contributed by atoms with E-state index < -0.39 is 0 Å². The SMILES string of the molecule is CCCCCCCCCCCCC1N(CCCC)C=CN1CCCCCCC. The average Bonchev–Trinajstić information content (AvgIpc) is 3.09. The van der Waals surface area contributed by atoms with Gasteiger partial charge in [0.1, 0.15) is 6.17 Å². The molecule has 0 fully saturated rings. The summed E-state index contributed by atoms with van der Waals surface area (Å²) in [5.74, 6) is 0. The molecule has 0 amide bonds. The smallest absolute Gasteiger partial charge is 0.101 e. The zero-order chi connectivity index (χ0) is 20.3. The van der Waals surface area contributed by atoms with E-state index in [9.17, 15) is 0 Å². The molecule has 1 rings (SSSR count). The van der Waals surface area contributed by atoms with Crippen LogP contribution in [0.25, 0.3) is 0 Å². The van der Waals surface area contributed by atoms with Crippen LogP contribution < -0.4 is 0 Å². The molecule has 0 saturated heterocycles. The van der Waals surface area contributed by atoms with Gasteiger partial charge in [-0.25, -0.2) is 0 Å². The Hall–Kier alpha value is -0.660. The lowest BCUT2D eigenvalue weighted by atomic mass is 10.0. The molecule has 2 heteroatoms. The number of hydrogen-bond acceptors (Lipinski definition) is 2. The van der Waals surface area contributed by atoms with Crippen LogP contribution in [0, 0.1) is 0 Å². The molecule has 0 aromatic rings. The predicted molar refractivity (Wildman–Crippen MR) is 126 cm³/mol. The summed E-state index contributed by atoms with van der Waals surface area (Å²) in [5, 5.41) is 0. The molecule has 0 aliphatic carbocycles. The quantitative estimate of drug-likeness (QED) is 0.192. The van der Waals surface area contributed by atoms with E-state index in [1.165, 1.54) is 129 Å². The van der Waals surface area contributed by atoms with Gasteiger partial charge in [0.25, 0.3) is 0 Å². The van der Waals surface area contributed by atoms with Crippen molar-refractivity contribution in [3.8, 4) is 0 Å². The van der Waals surface area contributed by atoms with Crippen LogP contribution in [0.2, 0.25) is 0 Å². The van der Waals surface area contributed by atoms with Crippen molar-refractivity contribution in [3.05, 3.63) is 12.4 Å². The summed E-state index contributed by atoms with van der Waals surface area (Å²) in [6.07, 6.45) is 30.7. The van der Waals surface area contributed by atoms with Crippen molar-refractivity contribution < 1.29 is 0 Å². The molecule has 166 valence electrons. The fraction of sp³-hybridized carbons (Fsp3) is 0.923. The highest BCUT2D eigenvalue weighted by molar-refractivity contribution is 4.96. The molecular weight excluding hydrogens is 340 g/mol. The highest BCUT2D eigenvalue weighted by Crippen LogP contribution is 2.23. The molecule has 1 aliphatic rings. The third-order valence-corrected chi connectivity index (χ3v) is 6.32. The van der Waals surface area contributed by atoms with Crippen LogP contribution in [-0.4, -0.2) is 29.1 Å². The fourth-order valence-electron chi connectivity index (χ4n) is 4.39. The highest BCUT2D eigenvalue weighted by atomic mass is 15.4. The van der Waals surface area contributed by atoms with Gasteiger partial charge in [-0.05, 0) is 25.7 Å². The number of rotatable bonds is 20. The first-order valence-electron chi connectivity index (χ1n) is 13.0. The minimum atomic E-state index is 0.645. The first-order chi connectivity index (χ1) is 13.8. The molecule has 0 bridgehead atoms. The van der Waals surface area contributed by atoms with Crippen LogP contribution in [0.3, 0.4) is 0 Å². The van der Waals surface area contributed by atoms with Crippen molar-refractivity contribution in [2.75, 3.05) is 13.1 Å². The summed E-state index contributed by atoms with van der Waals surface area (Å²) in [5.41, 5.74) is 0. The summed E-state index contributed by atoms with van der Waals surface area (Å²) in [6.45, 7) is 9.41. The summed E-state index contributed by atoms with van der Waals surface area (Å²) >= 11 is 0. The number of nitrogens with zero attached hydrogens (tertiary/aromatic N) is 2. The van der Waals surface area contributed by atoms with Crippen LogP contribution >= 0.6 is 0 Å². The van der Waals surface area contributed by atoms with Gasteiger partial charge < -0.3 is 9.80 Å². The molecular formula is C26H52N2. The van der Waals surface area contributed by atoms with Gasteiger partial charge >= 0.3 is 0 Å². The maximum absolute atomic E-state index is 2.65. The summed E-state index contributed by atoms with van der Waals surface area (Å²) in [6, 6.07) is 0. The first-order valence-corrected chi connectivity index (χ1v) is 13.0. The molecule has 1 unspecified atom stereocenters. The molecule has 0 aromatic heterocycles. The van der Waals surface area contributed by atoms with E-state index in [0.717, 1.165) is 0 Å². The van der Waals surface area contributed by atoms with Crippen LogP contribution in [0.4, 0.5) is 0 Å². The summed E-state index contributed by atoms with van der Waals surface area (Å²) in [7, 11) is 0. The van der Waals surface area contributed by atoms with E-state index in [4.69, 9.17) is 0 Å². The predicted octanol–water partition coefficient (Wildman–Crippen LogP) is 8.48. The maximum atomic E-state index is 2.65. The van der Waals surface area contributed by atoms with E-state index in [2.05, 4.69) is 43.0 Å². The second kappa shape index (κ2) is 18.4. The Balaban J connectivity index is 2.18. The van der Waals surface area contributed by atoms with Crippen LogP contribution in [0.1, 0.15) is 136 Å². The zero-order valence-corrected chi connectivity index (χ0v) is 19.8. The number of unbranched alkanes of at least 4 members (excludes halogenated alkanes) is 14. The average molecular weight is 393 g/mol. The van der Waals surface area contributed by atoms with E-state index in [-0.39, 0.29) is 0 Å². The van der Waals surface area contributed by atoms with Gasteiger partial charge in [-0.3, -0.25) is 0 Å². The third kappa shape index (κ3) is 12.0. The van der Waals surface area contributed by atoms with Crippen molar-refractivity contribution in [1.29, 1.82) is 0 Å². The monoisotopic (exact) mass is 392 g/mol. The Bertz CT molecular complexity index is 352. The Morgan fingerprint density at radius 1 is 0.464 bits per heavy atom. The van der Waals surface area contributed by atoms with E-state index in [1.807, 2.05) is 0 Å². The molecule has 0 aromatic carbocycles. The van der Waals surface area contributed by atoms with Crippen LogP contribution in [0.5, 0.6) is 0 Å². The van der Waals surface area contributed by atoms with Crippen LogP contribution in [-0.2, 0) is 0 Å². The van der Waals surface area contributed by atoms with Crippen molar-refractivity contribution >= 4 is 0 Å². The molecule has 0 saturated carbocycles. The topological polar surface area (TPSA) is 6.48 Å². The van der Waals surface area contributed by atoms with Gasteiger partial charge in [-0.2, -0.15) is 0 Å². The van der Waals surface area contributed by atoms with Gasteiger partial charge in [-0.15, -0.1) is 0 Å². The van der Waals surface area contributed by atoms with E-state index >= 15 is 0 Å². The van der Waals surface area contributed by atoms with E-state index in [1.54, 1.807) is 0 Å². The number of hydrogen-bond donors (Lipinski definition) is 0. The van der Waals surface area contributed by atoms with Gasteiger partial charge in [0.2, 0.25) is 0 Å². The maximum Gasteiger partial charge on any atom is 0.101 e. The largest absolute Gasteiger partial charge is 0.356 e. The van der Waals surface area contributed by atoms with Crippen molar-refractivity contribution in [3.63, 3.8) is 0 Å². The molecule has 0 spiro atoms. The standard InChI is InChI=1S/C26H52N2/c1-4-7-10-12-13-14-15-16-17-19-21-26-27(22-9-6-3)24-25-28(26)23-20-18-11-8-5-2/h24-26H,4-23H2,1-3H3. The molecule has 1 aliphatic heterocycles. The van der Waals surface area contributed by atoms with Crippen LogP contribution in [0.15, 0.2) is 12.4 Å². The van der Waals surface area contributed by atoms with Gasteiger partial charge in [0.15, 0.2) is 0 Å². The summed E-state index contributed by atoms with van der Waals surface area (Å²) < 4.78 is 0. The van der Waals surface area contributed by atoms with Gasteiger partial charge in [0, 0.05) is 25.5 Å². The summed E-state index contributed by atoms with van der Waals surface area (Å²) in [4.78, 5) is 5.28.